The van der Waals surface area contributed by atoms with E-state index >= 15 is 0 Å². The van der Waals surface area contributed by atoms with E-state index in [-0.39, 0.29) is 5.41 Å². The van der Waals surface area contributed by atoms with Gasteiger partial charge in [0.15, 0.2) is 0 Å². The van der Waals surface area contributed by atoms with E-state index in [1.54, 1.807) is 5.56 Å². The highest BCUT2D eigenvalue weighted by atomic mass is 14.3. The Morgan fingerprint density at radius 1 is 0.882 bits per heavy atom. The lowest BCUT2D eigenvalue weighted by molar-refractivity contribution is 0.580. The third-order valence-corrected chi connectivity index (χ3v) is 3.53. The Hall–Kier alpha value is -0.715. The highest BCUT2D eigenvalue weighted by molar-refractivity contribution is 6.34. The molecule has 1 rings (SSSR count). The van der Waals surface area contributed by atoms with Gasteiger partial charge in [-0.25, -0.2) is 0 Å². The quantitative estimate of drug-likeness (QED) is 0.682. The molecule has 0 amide bonds. The van der Waals surface area contributed by atoms with Crippen molar-refractivity contribution in [3.05, 3.63) is 28.8 Å². The maximum Gasteiger partial charge on any atom is 0.140 e. The Morgan fingerprint density at radius 3 is 1.65 bits per heavy atom. The molecule has 0 aliphatic rings. The van der Waals surface area contributed by atoms with Crippen molar-refractivity contribution in [2.24, 2.45) is 0 Å². The Kier molecular flexibility index (Phi) is 4.12. The topological polar surface area (TPSA) is 0 Å². The highest BCUT2D eigenvalue weighted by Gasteiger charge is 2.23. The van der Waals surface area contributed by atoms with Gasteiger partial charge in [0.1, 0.15) is 7.85 Å². The number of benzene rings is 1. The first-order valence-corrected chi connectivity index (χ1v) is 6.80. The first kappa shape index (κ1) is 14.3. The Balaban J connectivity index is 3.54. The van der Waals surface area contributed by atoms with Gasteiger partial charge in [0.25, 0.3) is 0 Å². The molecule has 0 saturated heterocycles. The summed E-state index contributed by atoms with van der Waals surface area (Å²) in [5, 5.41) is 0. The van der Waals surface area contributed by atoms with Crippen LogP contribution in [-0.4, -0.2) is 7.85 Å². The van der Waals surface area contributed by atoms with Crippen molar-refractivity contribution in [1.82, 2.24) is 0 Å². The van der Waals surface area contributed by atoms with Crippen LogP contribution in [0.1, 0.15) is 77.0 Å². The van der Waals surface area contributed by atoms with Crippen LogP contribution in [0.15, 0.2) is 12.1 Å². The molecule has 0 unspecified atom stereocenters. The summed E-state index contributed by atoms with van der Waals surface area (Å²) >= 11 is 0. The summed E-state index contributed by atoms with van der Waals surface area (Å²) in [6.07, 6.45) is 0. The lowest BCUT2D eigenvalue weighted by Crippen LogP contribution is -2.29. The molecule has 0 saturated carbocycles. The molecule has 0 N–H and O–H groups in total. The van der Waals surface area contributed by atoms with Crippen molar-refractivity contribution in [3.8, 4) is 0 Å². The molecular formula is C16H27B. The zero-order chi connectivity index (χ0) is 13.4. The van der Waals surface area contributed by atoms with E-state index in [4.69, 9.17) is 0 Å². The largest absolute Gasteiger partial charge is 0.140 e. The van der Waals surface area contributed by atoms with Crippen LogP contribution in [0.5, 0.6) is 0 Å². The van der Waals surface area contributed by atoms with Crippen LogP contribution in [0, 0.1) is 0 Å². The van der Waals surface area contributed by atoms with Crippen molar-refractivity contribution in [3.63, 3.8) is 0 Å². The molecule has 0 nitrogen and oxygen atoms in total. The summed E-state index contributed by atoms with van der Waals surface area (Å²) in [6.45, 7) is 16.1. The van der Waals surface area contributed by atoms with Crippen molar-refractivity contribution < 1.29 is 0 Å². The van der Waals surface area contributed by atoms with Crippen LogP contribution >= 0.6 is 0 Å². The minimum Gasteiger partial charge on any atom is -0.0816 e. The van der Waals surface area contributed by atoms with E-state index in [0.29, 0.717) is 11.8 Å². The summed E-state index contributed by atoms with van der Waals surface area (Å²) in [5.74, 6) is 1.21. The fourth-order valence-corrected chi connectivity index (χ4v) is 2.85. The lowest BCUT2D eigenvalue weighted by atomic mass is 9.70. The van der Waals surface area contributed by atoms with Crippen molar-refractivity contribution in [2.45, 2.75) is 65.7 Å². The zero-order valence-electron chi connectivity index (χ0n) is 12.8. The minimum atomic E-state index is 0.231. The predicted octanol–water partition coefficient (Wildman–Crippen LogP) is 3.49. The van der Waals surface area contributed by atoms with Gasteiger partial charge >= 0.3 is 0 Å². The van der Waals surface area contributed by atoms with Gasteiger partial charge < -0.3 is 0 Å². The third-order valence-electron chi connectivity index (χ3n) is 3.53. The minimum absolute atomic E-state index is 0.231. The molecule has 1 heteroatoms. The van der Waals surface area contributed by atoms with Crippen LogP contribution in [0.2, 0.25) is 0 Å². The van der Waals surface area contributed by atoms with Gasteiger partial charge in [-0.15, -0.1) is 0 Å². The van der Waals surface area contributed by atoms with Crippen LogP contribution in [-0.2, 0) is 5.41 Å². The first-order valence-electron chi connectivity index (χ1n) is 6.80. The molecule has 0 aliphatic carbocycles. The van der Waals surface area contributed by atoms with Crippen LogP contribution in [0.4, 0.5) is 0 Å². The molecule has 0 bridgehead atoms. The molecule has 0 fully saturated rings. The van der Waals surface area contributed by atoms with E-state index in [1.807, 2.05) is 0 Å². The molecule has 0 aromatic heterocycles. The van der Waals surface area contributed by atoms with Crippen LogP contribution in [0.25, 0.3) is 0 Å². The smallest absolute Gasteiger partial charge is 0.0816 e. The molecule has 1 aromatic rings. The molecule has 0 heterocycles. The highest BCUT2D eigenvalue weighted by Crippen LogP contribution is 2.31. The second-order valence-corrected chi connectivity index (χ2v) is 6.80. The predicted molar refractivity (Wildman–Crippen MR) is 81.5 cm³/mol. The van der Waals surface area contributed by atoms with E-state index < -0.39 is 0 Å². The van der Waals surface area contributed by atoms with Crippen molar-refractivity contribution in [1.29, 1.82) is 0 Å². The molecule has 0 radical (unpaired) electrons. The maximum absolute atomic E-state index is 2.34. The Labute approximate surface area is 108 Å². The normalized spacial score (nSPS) is 12.5. The number of rotatable bonds is 2. The fourth-order valence-electron chi connectivity index (χ4n) is 2.85. The Bertz CT molecular complexity index is 395. The van der Waals surface area contributed by atoms with E-state index in [9.17, 15) is 0 Å². The van der Waals surface area contributed by atoms with E-state index in [0.717, 1.165) is 0 Å². The van der Waals surface area contributed by atoms with E-state index in [1.165, 1.54) is 16.6 Å². The van der Waals surface area contributed by atoms with Crippen LogP contribution < -0.4 is 5.46 Å². The molecule has 1 aromatic carbocycles. The van der Waals surface area contributed by atoms with Gasteiger partial charge in [-0.3, -0.25) is 0 Å². The van der Waals surface area contributed by atoms with E-state index in [2.05, 4.69) is 68.4 Å². The Morgan fingerprint density at radius 2 is 1.29 bits per heavy atom. The van der Waals surface area contributed by atoms with Gasteiger partial charge in [-0.1, -0.05) is 71.6 Å². The van der Waals surface area contributed by atoms with Gasteiger partial charge in [-0.2, -0.15) is 0 Å². The average Bonchev–Trinajstić information content (AvgIpc) is 2.14. The van der Waals surface area contributed by atoms with Gasteiger partial charge in [0, 0.05) is 0 Å². The SMILES string of the molecule is Bc1c(C(C)C)ccc(C(C)C)c1C(C)(C)C. The molecule has 94 valence electrons. The summed E-state index contributed by atoms with van der Waals surface area (Å²) in [7, 11) is 2.29. The molecule has 17 heavy (non-hydrogen) atoms. The second-order valence-electron chi connectivity index (χ2n) is 6.80. The summed E-state index contributed by atoms with van der Waals surface area (Å²) in [6, 6.07) is 4.66. The monoisotopic (exact) mass is 230 g/mol. The average molecular weight is 230 g/mol. The van der Waals surface area contributed by atoms with Crippen LogP contribution in [0.3, 0.4) is 0 Å². The number of hydrogen-bond acceptors (Lipinski definition) is 0. The van der Waals surface area contributed by atoms with Crippen molar-refractivity contribution in [2.75, 3.05) is 0 Å². The van der Waals surface area contributed by atoms with Crippen molar-refractivity contribution >= 4 is 13.3 Å². The van der Waals surface area contributed by atoms with Gasteiger partial charge in [-0.05, 0) is 28.4 Å². The fraction of sp³-hybridized carbons (Fsp3) is 0.625. The molecule has 0 aliphatic heterocycles. The summed E-state index contributed by atoms with van der Waals surface area (Å²) in [4.78, 5) is 0. The summed E-state index contributed by atoms with van der Waals surface area (Å²) < 4.78 is 0. The summed E-state index contributed by atoms with van der Waals surface area (Å²) in [5.41, 5.74) is 6.30. The zero-order valence-corrected chi connectivity index (χ0v) is 12.8. The molecule has 0 atom stereocenters. The lowest BCUT2D eigenvalue weighted by Gasteiger charge is -2.30. The third kappa shape index (κ3) is 2.94. The van der Waals surface area contributed by atoms with Gasteiger partial charge in [0.05, 0.1) is 0 Å². The standard InChI is InChI=1S/C16H27B/c1-10(2)12-8-9-13(11(3)4)15(17)14(12)16(5,6)7/h8-11H,17H2,1-7H3. The molecular weight excluding hydrogens is 203 g/mol. The number of hydrogen-bond donors (Lipinski definition) is 0. The molecule has 0 spiro atoms. The first-order chi connectivity index (χ1) is 7.66. The second kappa shape index (κ2) is 4.88. The van der Waals surface area contributed by atoms with Gasteiger partial charge in [0.2, 0.25) is 0 Å². The maximum atomic E-state index is 2.34.